The minimum absolute atomic E-state index is 0.218. The van der Waals surface area contributed by atoms with E-state index in [9.17, 15) is 4.79 Å². The lowest BCUT2D eigenvalue weighted by molar-refractivity contribution is 0.0952. The molecule has 2 aromatic rings. The van der Waals surface area contributed by atoms with Crippen LogP contribution in [-0.2, 0) is 0 Å². The van der Waals surface area contributed by atoms with E-state index >= 15 is 0 Å². The number of nitrogens with one attached hydrogen (secondary N) is 1. The molecule has 0 spiro atoms. The molecule has 118 valence electrons. The molecule has 23 heavy (non-hydrogen) atoms. The van der Waals surface area contributed by atoms with Gasteiger partial charge < -0.3 is 14.2 Å². The first-order valence-electron chi connectivity index (χ1n) is 6.74. The lowest BCUT2D eigenvalue weighted by Crippen LogP contribution is -2.18. The molecule has 0 atom stereocenters. The standard InChI is InChI=1S/C16H13BrN2O4/c1-21-13-5-3-11(17)7-12(13)16(20)19-18-8-10-2-4-14-15(6-10)23-9-22-14/h2-8H,9H2,1H3,(H,19,20). The summed E-state index contributed by atoms with van der Waals surface area (Å²) in [4.78, 5) is 12.2. The highest BCUT2D eigenvalue weighted by atomic mass is 79.9. The summed E-state index contributed by atoms with van der Waals surface area (Å²) in [6.45, 7) is 0.218. The summed E-state index contributed by atoms with van der Waals surface area (Å²) in [6, 6.07) is 10.6. The topological polar surface area (TPSA) is 69.2 Å². The van der Waals surface area contributed by atoms with Crippen molar-refractivity contribution in [2.45, 2.75) is 0 Å². The van der Waals surface area contributed by atoms with Gasteiger partial charge in [0.1, 0.15) is 5.75 Å². The Bertz CT molecular complexity index is 777. The average Bonchev–Trinajstić information content (AvgIpc) is 3.02. The summed E-state index contributed by atoms with van der Waals surface area (Å²) in [5, 5.41) is 3.96. The van der Waals surface area contributed by atoms with E-state index in [1.807, 2.05) is 6.07 Å². The van der Waals surface area contributed by atoms with Crippen LogP contribution in [0.3, 0.4) is 0 Å². The van der Waals surface area contributed by atoms with Crippen molar-refractivity contribution in [1.29, 1.82) is 0 Å². The molecule has 1 aliphatic rings. The van der Waals surface area contributed by atoms with Crippen LogP contribution in [0.25, 0.3) is 0 Å². The number of carbonyl (C=O) groups excluding carboxylic acids is 1. The number of methoxy groups -OCH3 is 1. The van der Waals surface area contributed by atoms with Crippen LogP contribution in [0.15, 0.2) is 46.0 Å². The minimum Gasteiger partial charge on any atom is -0.496 e. The van der Waals surface area contributed by atoms with E-state index in [0.717, 1.165) is 10.0 Å². The zero-order valence-corrected chi connectivity index (χ0v) is 13.8. The first-order valence-corrected chi connectivity index (χ1v) is 7.53. The number of hydrazone groups is 1. The van der Waals surface area contributed by atoms with Gasteiger partial charge in [-0.15, -0.1) is 0 Å². The molecule has 6 nitrogen and oxygen atoms in total. The molecule has 0 aromatic heterocycles. The summed E-state index contributed by atoms with van der Waals surface area (Å²) in [5.41, 5.74) is 3.66. The molecule has 0 unspecified atom stereocenters. The van der Waals surface area contributed by atoms with Gasteiger partial charge in [-0.1, -0.05) is 15.9 Å². The highest BCUT2D eigenvalue weighted by molar-refractivity contribution is 9.10. The third-order valence-corrected chi connectivity index (χ3v) is 3.68. The quantitative estimate of drug-likeness (QED) is 0.657. The molecule has 0 fully saturated rings. The van der Waals surface area contributed by atoms with Gasteiger partial charge >= 0.3 is 0 Å². The average molecular weight is 377 g/mol. The third-order valence-electron chi connectivity index (χ3n) is 3.18. The summed E-state index contributed by atoms with van der Waals surface area (Å²) in [7, 11) is 1.51. The molecular weight excluding hydrogens is 364 g/mol. The Morgan fingerprint density at radius 3 is 2.91 bits per heavy atom. The summed E-state index contributed by atoms with van der Waals surface area (Å²) < 4.78 is 16.5. The van der Waals surface area contributed by atoms with Gasteiger partial charge in [0.05, 0.1) is 18.9 Å². The number of ether oxygens (including phenoxy) is 3. The summed E-state index contributed by atoms with van der Waals surface area (Å²) in [6.07, 6.45) is 1.53. The molecule has 3 rings (SSSR count). The molecule has 0 radical (unpaired) electrons. The van der Waals surface area contributed by atoms with Crippen LogP contribution in [-0.4, -0.2) is 26.0 Å². The zero-order chi connectivity index (χ0) is 16.2. The third kappa shape index (κ3) is 3.45. The first kappa shape index (κ1) is 15.4. The number of amides is 1. The number of carbonyl (C=O) groups is 1. The molecule has 0 saturated carbocycles. The van der Waals surface area contributed by atoms with E-state index < -0.39 is 0 Å². The highest BCUT2D eigenvalue weighted by Gasteiger charge is 2.13. The largest absolute Gasteiger partial charge is 0.496 e. The fourth-order valence-corrected chi connectivity index (χ4v) is 2.44. The van der Waals surface area contributed by atoms with Crippen molar-refractivity contribution < 1.29 is 19.0 Å². The Labute approximate surface area is 141 Å². The summed E-state index contributed by atoms with van der Waals surface area (Å²) >= 11 is 3.33. The molecule has 0 aliphatic carbocycles. The van der Waals surface area contributed by atoms with Crippen molar-refractivity contribution in [2.75, 3.05) is 13.9 Å². The summed E-state index contributed by atoms with van der Waals surface area (Å²) in [5.74, 6) is 1.48. The van der Waals surface area contributed by atoms with Crippen LogP contribution >= 0.6 is 15.9 Å². The van der Waals surface area contributed by atoms with Crippen molar-refractivity contribution in [2.24, 2.45) is 5.10 Å². The zero-order valence-electron chi connectivity index (χ0n) is 12.2. The predicted molar refractivity (Wildman–Crippen MR) is 88.3 cm³/mol. The number of benzene rings is 2. The molecule has 1 aliphatic heterocycles. The van der Waals surface area contributed by atoms with E-state index in [2.05, 4.69) is 26.5 Å². The molecular formula is C16H13BrN2O4. The highest BCUT2D eigenvalue weighted by Crippen LogP contribution is 2.32. The Balaban J connectivity index is 1.70. The number of halogens is 1. The van der Waals surface area contributed by atoms with Crippen LogP contribution in [0, 0.1) is 0 Å². The molecule has 1 N–H and O–H groups in total. The Hall–Kier alpha value is -2.54. The second-order valence-electron chi connectivity index (χ2n) is 4.66. The predicted octanol–water partition coefficient (Wildman–Crippen LogP) is 2.95. The molecule has 1 heterocycles. The van der Waals surface area contributed by atoms with E-state index in [-0.39, 0.29) is 12.7 Å². The smallest absolute Gasteiger partial charge is 0.275 e. The number of rotatable bonds is 4. The van der Waals surface area contributed by atoms with Crippen molar-refractivity contribution in [3.05, 3.63) is 52.0 Å². The monoisotopic (exact) mass is 376 g/mol. The fraction of sp³-hybridized carbons (Fsp3) is 0.125. The number of hydrogen-bond donors (Lipinski definition) is 1. The second-order valence-corrected chi connectivity index (χ2v) is 5.57. The van der Waals surface area contributed by atoms with E-state index in [0.29, 0.717) is 22.8 Å². The van der Waals surface area contributed by atoms with Crippen LogP contribution in [0.1, 0.15) is 15.9 Å². The fourth-order valence-electron chi connectivity index (χ4n) is 2.08. The van der Waals surface area contributed by atoms with Gasteiger partial charge in [0.2, 0.25) is 6.79 Å². The maximum absolute atomic E-state index is 12.2. The normalized spacial score (nSPS) is 12.4. The number of nitrogens with zero attached hydrogens (tertiary/aromatic N) is 1. The molecule has 0 saturated heterocycles. The maximum Gasteiger partial charge on any atom is 0.275 e. The van der Waals surface area contributed by atoms with Gasteiger partial charge in [0.25, 0.3) is 5.91 Å². The van der Waals surface area contributed by atoms with Gasteiger partial charge in [-0.2, -0.15) is 5.10 Å². The molecule has 2 aromatic carbocycles. The van der Waals surface area contributed by atoms with Crippen molar-refractivity contribution in [3.8, 4) is 17.2 Å². The van der Waals surface area contributed by atoms with Crippen molar-refractivity contribution >= 4 is 28.1 Å². The molecule has 1 amide bonds. The lowest BCUT2D eigenvalue weighted by atomic mass is 10.2. The first-order chi connectivity index (χ1) is 11.2. The van der Waals surface area contributed by atoms with Crippen molar-refractivity contribution in [3.63, 3.8) is 0 Å². The number of hydrogen-bond acceptors (Lipinski definition) is 5. The van der Waals surface area contributed by atoms with E-state index in [4.69, 9.17) is 14.2 Å². The Kier molecular flexibility index (Phi) is 4.47. The van der Waals surface area contributed by atoms with E-state index in [1.165, 1.54) is 13.3 Å². The molecule has 7 heteroatoms. The minimum atomic E-state index is -0.361. The maximum atomic E-state index is 12.2. The van der Waals surface area contributed by atoms with Gasteiger partial charge in [-0.3, -0.25) is 4.79 Å². The van der Waals surface area contributed by atoms with Crippen molar-refractivity contribution in [1.82, 2.24) is 5.43 Å². The van der Waals surface area contributed by atoms with Gasteiger partial charge in [-0.05, 0) is 42.0 Å². The van der Waals surface area contributed by atoms with E-state index in [1.54, 1.807) is 30.3 Å². The van der Waals surface area contributed by atoms with Crippen LogP contribution < -0.4 is 19.6 Å². The van der Waals surface area contributed by atoms with Gasteiger partial charge in [0.15, 0.2) is 11.5 Å². The van der Waals surface area contributed by atoms with Crippen LogP contribution in [0.2, 0.25) is 0 Å². The lowest BCUT2D eigenvalue weighted by Gasteiger charge is -2.07. The van der Waals surface area contributed by atoms with Gasteiger partial charge in [-0.25, -0.2) is 5.43 Å². The number of fused-ring (bicyclic) bond motifs is 1. The molecule has 0 bridgehead atoms. The SMILES string of the molecule is COc1ccc(Br)cc1C(=O)NN=Cc1ccc2c(c1)OCO2. The van der Waals surface area contributed by atoms with Gasteiger partial charge in [0, 0.05) is 4.47 Å². The Morgan fingerprint density at radius 1 is 1.26 bits per heavy atom. The van der Waals surface area contributed by atoms with Crippen LogP contribution in [0.4, 0.5) is 0 Å². The van der Waals surface area contributed by atoms with Crippen LogP contribution in [0.5, 0.6) is 17.2 Å². The second kappa shape index (κ2) is 6.70. The Morgan fingerprint density at radius 2 is 2.09 bits per heavy atom.